The highest BCUT2D eigenvalue weighted by molar-refractivity contribution is 7.99. The summed E-state index contributed by atoms with van der Waals surface area (Å²) >= 11 is 1.10. The number of benzene rings is 1. The third-order valence-corrected chi connectivity index (χ3v) is 4.23. The van der Waals surface area contributed by atoms with Gasteiger partial charge in [-0.25, -0.2) is 0 Å². The number of carbonyl (C=O) groups excluding carboxylic acids is 1. The van der Waals surface area contributed by atoms with Crippen LogP contribution in [0, 0.1) is 10.1 Å². The summed E-state index contributed by atoms with van der Waals surface area (Å²) in [5.41, 5.74) is 0.379. The van der Waals surface area contributed by atoms with Crippen LogP contribution in [0.4, 0.5) is 5.69 Å². The van der Waals surface area contributed by atoms with Crippen molar-refractivity contribution in [2.24, 2.45) is 0 Å². The molecular weight excluding hydrogens is 360 g/mol. The quantitative estimate of drug-likeness (QED) is 0.352. The highest BCUT2D eigenvalue weighted by Gasteiger charge is 2.16. The number of carbonyl (C=O) groups is 1. The van der Waals surface area contributed by atoms with Crippen LogP contribution < -0.4 is 0 Å². The molecule has 0 aliphatic rings. The maximum absolute atomic E-state index is 12.1. The van der Waals surface area contributed by atoms with Gasteiger partial charge in [-0.2, -0.15) is 0 Å². The van der Waals surface area contributed by atoms with Gasteiger partial charge in [0.15, 0.2) is 0 Å². The van der Waals surface area contributed by atoms with E-state index in [0.717, 1.165) is 11.8 Å². The first-order valence-corrected chi connectivity index (χ1v) is 8.49. The average Bonchev–Trinajstić information content (AvgIpc) is 3.31. The fourth-order valence-electron chi connectivity index (χ4n) is 2.10. The number of non-ortho nitro benzene ring substituents is 1. The Balaban J connectivity index is 1.59. The summed E-state index contributed by atoms with van der Waals surface area (Å²) in [4.78, 5) is 24.0. The van der Waals surface area contributed by atoms with Gasteiger partial charge in [0, 0.05) is 24.7 Å². The van der Waals surface area contributed by atoms with E-state index in [0.29, 0.717) is 17.9 Å². The summed E-state index contributed by atoms with van der Waals surface area (Å²) in [6.07, 6.45) is 1.55. The monoisotopic (exact) mass is 374 g/mol. The van der Waals surface area contributed by atoms with Crippen LogP contribution in [0.3, 0.4) is 0 Å². The number of aromatic nitrogens is 2. The summed E-state index contributed by atoms with van der Waals surface area (Å²) in [7, 11) is 1.67. The highest BCUT2D eigenvalue weighted by Crippen LogP contribution is 2.26. The molecule has 0 saturated heterocycles. The second kappa shape index (κ2) is 7.83. The lowest BCUT2D eigenvalue weighted by molar-refractivity contribution is -0.384. The molecule has 9 nitrogen and oxygen atoms in total. The molecule has 0 fully saturated rings. The first-order valence-electron chi connectivity index (χ1n) is 7.50. The molecule has 0 saturated carbocycles. The van der Waals surface area contributed by atoms with E-state index < -0.39 is 4.92 Å². The number of nitro benzene ring substituents is 1. The van der Waals surface area contributed by atoms with E-state index in [1.165, 1.54) is 23.1 Å². The van der Waals surface area contributed by atoms with E-state index in [4.69, 9.17) is 8.83 Å². The van der Waals surface area contributed by atoms with E-state index in [1.807, 2.05) is 0 Å². The van der Waals surface area contributed by atoms with Crippen molar-refractivity contribution in [3.63, 3.8) is 0 Å². The molecule has 0 unspecified atom stereocenters. The van der Waals surface area contributed by atoms with Gasteiger partial charge in [-0.3, -0.25) is 14.9 Å². The molecule has 10 heteroatoms. The number of thioether (sulfide) groups is 1. The Kier molecular flexibility index (Phi) is 5.32. The molecule has 2 aromatic heterocycles. The van der Waals surface area contributed by atoms with Gasteiger partial charge in [-0.15, -0.1) is 10.2 Å². The number of rotatable bonds is 7. The van der Waals surface area contributed by atoms with Crippen molar-refractivity contribution in [1.82, 2.24) is 15.1 Å². The average molecular weight is 374 g/mol. The number of furan rings is 1. The number of amides is 1. The Labute approximate surface area is 152 Å². The van der Waals surface area contributed by atoms with Crippen LogP contribution in [-0.2, 0) is 11.3 Å². The Morgan fingerprint density at radius 3 is 2.88 bits per heavy atom. The summed E-state index contributed by atoms with van der Waals surface area (Å²) in [5.74, 6) is 0.846. The van der Waals surface area contributed by atoms with Gasteiger partial charge in [0.25, 0.3) is 10.9 Å². The van der Waals surface area contributed by atoms with Crippen LogP contribution in [-0.4, -0.2) is 38.7 Å². The number of nitrogens with zero attached hydrogens (tertiary/aromatic N) is 4. The summed E-state index contributed by atoms with van der Waals surface area (Å²) < 4.78 is 10.7. The first kappa shape index (κ1) is 17.7. The fraction of sp³-hybridized carbons (Fsp3) is 0.188. The Morgan fingerprint density at radius 1 is 1.31 bits per heavy atom. The van der Waals surface area contributed by atoms with Crippen LogP contribution in [0.2, 0.25) is 0 Å². The molecule has 0 atom stereocenters. The van der Waals surface area contributed by atoms with Crippen LogP contribution in [0.25, 0.3) is 11.5 Å². The van der Waals surface area contributed by atoms with Gasteiger partial charge < -0.3 is 13.7 Å². The number of hydrogen-bond acceptors (Lipinski definition) is 8. The first-order chi connectivity index (χ1) is 12.5. The van der Waals surface area contributed by atoms with Crippen molar-refractivity contribution in [3.8, 4) is 11.5 Å². The molecule has 0 spiro atoms. The van der Waals surface area contributed by atoms with Gasteiger partial charge in [-0.1, -0.05) is 17.8 Å². The predicted octanol–water partition coefficient (Wildman–Crippen LogP) is 2.99. The molecule has 3 rings (SSSR count). The van der Waals surface area contributed by atoms with Crippen molar-refractivity contribution < 1.29 is 18.6 Å². The summed E-state index contributed by atoms with van der Waals surface area (Å²) in [6.45, 7) is 0.370. The molecular formula is C16H14N4O5S. The maximum atomic E-state index is 12.1. The Hall–Kier alpha value is -3.14. The third-order valence-electron chi connectivity index (χ3n) is 3.43. The normalized spacial score (nSPS) is 10.7. The van der Waals surface area contributed by atoms with Gasteiger partial charge in [0.2, 0.25) is 11.8 Å². The minimum Gasteiger partial charge on any atom is -0.467 e. The van der Waals surface area contributed by atoms with E-state index in [9.17, 15) is 14.9 Å². The standard InChI is InChI=1S/C16H14N4O5S/c1-19(9-13-6-3-7-24-13)14(21)10-26-16-18-17-15(25-16)11-4-2-5-12(8-11)20(22)23/h2-8H,9-10H2,1H3. The van der Waals surface area contributed by atoms with E-state index in [2.05, 4.69) is 10.2 Å². The fourth-order valence-corrected chi connectivity index (χ4v) is 2.80. The zero-order chi connectivity index (χ0) is 18.5. The lowest BCUT2D eigenvalue weighted by Gasteiger charge is -2.14. The van der Waals surface area contributed by atoms with Gasteiger partial charge in [-0.05, 0) is 18.2 Å². The molecule has 0 radical (unpaired) electrons. The second-order valence-electron chi connectivity index (χ2n) is 5.30. The molecule has 2 heterocycles. The lowest BCUT2D eigenvalue weighted by Crippen LogP contribution is -2.27. The molecule has 26 heavy (non-hydrogen) atoms. The van der Waals surface area contributed by atoms with Gasteiger partial charge >= 0.3 is 0 Å². The van der Waals surface area contributed by atoms with Crippen molar-refractivity contribution in [2.45, 2.75) is 11.8 Å². The van der Waals surface area contributed by atoms with E-state index in [1.54, 1.807) is 31.5 Å². The van der Waals surface area contributed by atoms with Gasteiger partial charge in [0.1, 0.15) is 5.76 Å². The molecule has 1 aromatic carbocycles. The Bertz CT molecular complexity index is 909. The summed E-state index contributed by atoms with van der Waals surface area (Å²) in [5, 5.41) is 18.8. The molecule has 134 valence electrons. The minimum atomic E-state index is -0.497. The predicted molar refractivity (Wildman–Crippen MR) is 92.3 cm³/mol. The zero-order valence-electron chi connectivity index (χ0n) is 13.7. The third kappa shape index (κ3) is 4.28. The second-order valence-corrected chi connectivity index (χ2v) is 6.22. The van der Waals surface area contributed by atoms with Crippen molar-refractivity contribution in [3.05, 3.63) is 58.5 Å². The summed E-state index contributed by atoms with van der Waals surface area (Å²) in [6, 6.07) is 9.46. The molecule has 0 aliphatic carbocycles. The van der Waals surface area contributed by atoms with Crippen molar-refractivity contribution in [2.75, 3.05) is 12.8 Å². The number of hydrogen-bond donors (Lipinski definition) is 0. The molecule has 1 amide bonds. The molecule has 0 bridgehead atoms. The van der Waals surface area contributed by atoms with Crippen LogP contribution in [0.15, 0.2) is 56.7 Å². The topological polar surface area (TPSA) is 116 Å². The van der Waals surface area contributed by atoms with E-state index >= 15 is 0 Å². The molecule has 0 aliphatic heterocycles. The molecule has 0 N–H and O–H groups in total. The van der Waals surface area contributed by atoms with E-state index in [-0.39, 0.29) is 28.5 Å². The Morgan fingerprint density at radius 2 is 2.15 bits per heavy atom. The molecule has 3 aromatic rings. The minimum absolute atomic E-state index is 0.0652. The van der Waals surface area contributed by atoms with Crippen molar-refractivity contribution in [1.29, 1.82) is 0 Å². The highest BCUT2D eigenvalue weighted by atomic mass is 32.2. The van der Waals surface area contributed by atoms with Crippen molar-refractivity contribution >= 4 is 23.4 Å². The maximum Gasteiger partial charge on any atom is 0.277 e. The lowest BCUT2D eigenvalue weighted by atomic mass is 10.2. The SMILES string of the molecule is CN(Cc1ccco1)C(=O)CSc1nnc(-c2cccc([N+](=O)[O-])c2)o1. The number of nitro groups is 1. The smallest absolute Gasteiger partial charge is 0.277 e. The van der Waals surface area contributed by atoms with Crippen LogP contribution in [0.5, 0.6) is 0 Å². The largest absolute Gasteiger partial charge is 0.467 e. The van der Waals surface area contributed by atoms with Crippen LogP contribution in [0.1, 0.15) is 5.76 Å². The zero-order valence-corrected chi connectivity index (χ0v) is 14.5. The van der Waals surface area contributed by atoms with Crippen LogP contribution >= 0.6 is 11.8 Å². The van der Waals surface area contributed by atoms with Gasteiger partial charge in [0.05, 0.1) is 23.5 Å².